The van der Waals surface area contributed by atoms with E-state index in [0.29, 0.717) is 80.3 Å². The van der Waals surface area contributed by atoms with Crippen LogP contribution >= 0.6 is 11.3 Å². The molecule has 0 saturated carbocycles. The van der Waals surface area contributed by atoms with E-state index in [0.717, 1.165) is 65.5 Å². The second-order valence-corrected chi connectivity index (χ2v) is 30.2. The van der Waals surface area contributed by atoms with Gasteiger partial charge in [0.25, 0.3) is 11.8 Å². The summed E-state index contributed by atoms with van der Waals surface area (Å²) in [5.74, 6) is -8.91. The van der Waals surface area contributed by atoms with Crippen LogP contribution in [0.4, 0.5) is 92.0 Å². The number of carbonyl (C=O) groups excluding carboxylic acids is 5. The molecule has 0 aliphatic heterocycles. The number of benzene rings is 5. The van der Waals surface area contributed by atoms with E-state index in [9.17, 15) is 59.1 Å². The maximum absolute atomic E-state index is 14.1. The topological polar surface area (TPSA) is 308 Å². The molecule has 10 aromatic heterocycles. The molecule has 15 aromatic rings. The molecule has 0 atom stereocenters. The van der Waals surface area contributed by atoms with Crippen LogP contribution in [0.5, 0.6) is 0 Å². The number of alkyl halides is 4. The molecule has 656 valence electrons. The zero-order valence-electron chi connectivity index (χ0n) is 71.2. The molecule has 0 N–H and O–H groups in total. The fraction of sp³-hybridized carbons (Fsp3) is 0.181. The normalized spacial score (nSPS) is 10.9. The molecule has 0 unspecified atom stereocenters. The van der Waals surface area contributed by atoms with Gasteiger partial charge in [0.1, 0.15) is 65.7 Å². The predicted octanol–water partition coefficient (Wildman–Crippen LogP) is 18.5. The van der Waals surface area contributed by atoms with Gasteiger partial charge < -0.3 is 24.5 Å². The first-order valence-electron chi connectivity index (χ1n) is 39.4. The van der Waals surface area contributed by atoms with Gasteiger partial charge in [-0.1, -0.05) is 12.1 Å². The molecule has 0 bridgehead atoms. The molecular formula is C94H83F8N21O5S. The first-order valence-corrected chi connectivity index (χ1v) is 40.2. The lowest BCUT2D eigenvalue weighted by atomic mass is 10.0. The number of anilines is 10. The Morgan fingerprint density at radius 1 is 0.318 bits per heavy atom. The van der Waals surface area contributed by atoms with Crippen LogP contribution in [0, 0.1) is 44.0 Å². The molecule has 0 amide bonds. The molecule has 0 fully saturated rings. The standard InChI is InChI=1S/2C20H17F3N4O.C19H17FN4O.C18H16FN5O.C17H16N4OS/c1-20(22,23)14-3-4-16(26-9-14)8-19(28)13-5-15(21)7-17(6-13)27(2)18-10-24-12-25-11-18;1-20(22,23)14-3-4-26-16(7-14)9-19(28)13-5-15(21)8-17(6-13)27(2)18-10-24-12-25-11-18;1-13-3-4-23-16(5-13)9-19(25)14-6-15(20)8-17(7-14)24(2)18-10-21-12-22-11-18;1-12-3-4-22-18(23-12)8-17(25)13-5-14(19)7-15(6-13)24(2)16-9-20-11-21-10-16;1-12-10-23-17(20-12)7-16(22)13-4-3-5-14(6-13)21(2)15-8-18-11-19-9-15/h3-7,9-12H,8H2,1-2H3;3-8,10-12H,9H2,1-2H3;3-8,10-12H,9H2,1-2H3;3-7,9-11H,8H2,1-2H3;3-6,8-11H,7H2,1-2H3. The lowest BCUT2D eigenvalue weighted by molar-refractivity contribution is 0.0165. The Kier molecular flexibility index (Phi) is 32.0. The smallest absolute Gasteiger partial charge is 0.272 e. The molecule has 0 radical (unpaired) electrons. The number of nitrogens with zero attached hydrogens (tertiary/aromatic N) is 21. The molecule has 0 spiro atoms. The van der Waals surface area contributed by atoms with E-state index >= 15 is 0 Å². The first-order chi connectivity index (χ1) is 61.7. The average molecular weight is 1770 g/mol. The molecule has 15 rings (SSSR count). The number of pyridine rings is 3. The second kappa shape index (κ2) is 43.9. The molecule has 0 aliphatic rings. The lowest BCUT2D eigenvalue weighted by Crippen LogP contribution is -2.13. The van der Waals surface area contributed by atoms with Gasteiger partial charge in [0, 0.05) is 175 Å². The van der Waals surface area contributed by atoms with Crippen LogP contribution in [0.3, 0.4) is 0 Å². The minimum Gasteiger partial charge on any atom is -0.342 e. The van der Waals surface area contributed by atoms with Crippen molar-refractivity contribution in [3.05, 3.63) is 370 Å². The Morgan fingerprint density at radius 2 is 0.674 bits per heavy atom. The number of ketones is 5. The number of rotatable bonds is 27. The molecule has 129 heavy (non-hydrogen) atoms. The first kappa shape index (κ1) is 94.1. The molecule has 26 nitrogen and oxygen atoms in total. The van der Waals surface area contributed by atoms with Crippen LogP contribution in [0.2, 0.25) is 0 Å². The molecule has 0 saturated heterocycles. The summed E-state index contributed by atoms with van der Waals surface area (Å²) in [5, 5.41) is 2.81. The van der Waals surface area contributed by atoms with Crippen molar-refractivity contribution in [2.75, 3.05) is 59.7 Å². The Balaban J connectivity index is 0.000000156. The quantitative estimate of drug-likeness (QED) is 0.0341. The fourth-order valence-corrected chi connectivity index (χ4v) is 13.1. The van der Waals surface area contributed by atoms with Gasteiger partial charge in [-0.05, 0) is 154 Å². The van der Waals surface area contributed by atoms with Crippen LogP contribution < -0.4 is 24.5 Å². The number of carbonyl (C=O) groups is 5. The van der Waals surface area contributed by atoms with Crippen LogP contribution in [-0.4, -0.2) is 144 Å². The molecule has 0 aliphatic carbocycles. The SMILES string of the molecule is CN(c1cncnc1)c1cc(F)cc(C(=O)Cc2cc(C(C)(F)F)ccn2)c1.CN(c1cncnc1)c1cc(F)cc(C(=O)Cc2ccc(C(C)(F)F)cn2)c1.Cc1ccnc(CC(=O)c2cc(F)cc(N(C)c3cncnc3)c2)c1.Cc1ccnc(CC(=O)c2cc(F)cc(N(C)c3cncnc3)c2)n1.Cc1csc(CC(=O)c2cccc(N(C)c3cncnc3)c2)n1. The Labute approximate surface area is 740 Å². The predicted molar refractivity (Wildman–Crippen MR) is 473 cm³/mol. The van der Waals surface area contributed by atoms with E-state index in [1.165, 1.54) is 116 Å². The molecule has 5 aromatic carbocycles. The van der Waals surface area contributed by atoms with Crippen molar-refractivity contribution in [2.24, 2.45) is 0 Å². The number of thiazole rings is 1. The van der Waals surface area contributed by atoms with Gasteiger partial charge in [-0.15, -0.1) is 11.3 Å². The second-order valence-electron chi connectivity index (χ2n) is 29.3. The Hall–Kier alpha value is -15.6. The summed E-state index contributed by atoms with van der Waals surface area (Å²) < 4.78 is 110. The summed E-state index contributed by atoms with van der Waals surface area (Å²) in [6.07, 6.45) is 28.9. The summed E-state index contributed by atoms with van der Waals surface area (Å²) in [6.45, 7) is 7.25. The van der Waals surface area contributed by atoms with Crippen LogP contribution in [0.1, 0.15) is 122 Å². The number of halogens is 8. The van der Waals surface area contributed by atoms with Crippen molar-refractivity contribution in [1.82, 2.24) is 79.7 Å². The third kappa shape index (κ3) is 27.5. The number of hydrogen-bond donors (Lipinski definition) is 0. The molecule has 10 heterocycles. The number of aryl methyl sites for hydroxylation is 3. The van der Waals surface area contributed by atoms with Gasteiger partial charge in [-0.3, -0.25) is 38.9 Å². The zero-order chi connectivity index (χ0) is 92.5. The highest BCUT2D eigenvalue weighted by atomic mass is 32.1. The molecule has 35 heteroatoms. The van der Waals surface area contributed by atoms with Crippen molar-refractivity contribution in [3.63, 3.8) is 0 Å². The van der Waals surface area contributed by atoms with E-state index in [2.05, 4.69) is 79.7 Å². The van der Waals surface area contributed by atoms with Crippen molar-refractivity contribution in [3.8, 4) is 0 Å². The summed E-state index contributed by atoms with van der Waals surface area (Å²) in [7, 11) is 8.84. The summed E-state index contributed by atoms with van der Waals surface area (Å²) in [4.78, 5) is 136. The minimum absolute atomic E-state index is 0.0166. The van der Waals surface area contributed by atoms with E-state index in [1.54, 1.807) is 146 Å². The summed E-state index contributed by atoms with van der Waals surface area (Å²) in [6, 6.07) is 34.4. The number of aromatic nitrogens is 16. The van der Waals surface area contributed by atoms with E-state index in [1.807, 2.05) is 74.5 Å². The Morgan fingerprint density at radius 3 is 1.04 bits per heavy atom. The molecular weight excluding hydrogens is 1690 g/mol. The van der Waals surface area contributed by atoms with Crippen molar-refractivity contribution in [2.45, 2.75) is 78.6 Å². The maximum Gasteiger partial charge on any atom is 0.272 e. The average Bonchev–Trinajstić information content (AvgIpc) is 1.43. The highest BCUT2D eigenvalue weighted by Gasteiger charge is 2.28. The highest BCUT2D eigenvalue weighted by Crippen LogP contribution is 2.33. The van der Waals surface area contributed by atoms with Crippen molar-refractivity contribution >= 4 is 97.1 Å². The maximum atomic E-state index is 14.1. The number of Topliss-reactive ketones (excluding diaryl/α,β-unsaturated/α-hetero) is 5. The van der Waals surface area contributed by atoms with Gasteiger partial charge in [0.2, 0.25) is 0 Å². The van der Waals surface area contributed by atoms with Gasteiger partial charge in [0.15, 0.2) is 28.9 Å². The minimum atomic E-state index is -3.03. The summed E-state index contributed by atoms with van der Waals surface area (Å²) in [5.41, 5.74) is 11.4. The monoisotopic (exact) mass is 1770 g/mol. The third-order valence-electron chi connectivity index (χ3n) is 19.4. The third-order valence-corrected chi connectivity index (χ3v) is 20.4. The van der Waals surface area contributed by atoms with Crippen molar-refractivity contribution in [1.29, 1.82) is 0 Å². The Bertz CT molecular complexity index is 6210. The van der Waals surface area contributed by atoms with Crippen LogP contribution in [0.15, 0.2) is 263 Å². The fourth-order valence-electron chi connectivity index (χ4n) is 12.4. The van der Waals surface area contributed by atoms with E-state index < -0.39 is 40.9 Å². The number of hydrogen-bond acceptors (Lipinski definition) is 27. The van der Waals surface area contributed by atoms with Gasteiger partial charge in [0.05, 0.1) is 123 Å². The van der Waals surface area contributed by atoms with E-state index in [4.69, 9.17) is 0 Å². The van der Waals surface area contributed by atoms with Gasteiger partial charge >= 0.3 is 0 Å². The van der Waals surface area contributed by atoms with Crippen LogP contribution in [0.25, 0.3) is 0 Å². The van der Waals surface area contributed by atoms with E-state index in [-0.39, 0.29) is 82.3 Å². The van der Waals surface area contributed by atoms with Gasteiger partial charge in [-0.2, -0.15) is 0 Å². The highest BCUT2D eigenvalue weighted by molar-refractivity contribution is 7.09. The largest absolute Gasteiger partial charge is 0.342 e. The lowest BCUT2D eigenvalue weighted by Gasteiger charge is -2.19. The van der Waals surface area contributed by atoms with Gasteiger partial charge in [-0.25, -0.2) is 99.9 Å². The van der Waals surface area contributed by atoms with Crippen molar-refractivity contribution < 1.29 is 59.1 Å². The summed E-state index contributed by atoms with van der Waals surface area (Å²) >= 11 is 1.52. The van der Waals surface area contributed by atoms with Crippen LogP contribution in [-0.2, 0) is 43.9 Å². The zero-order valence-corrected chi connectivity index (χ0v) is 72.0.